The van der Waals surface area contributed by atoms with Gasteiger partial charge in [-0.05, 0) is 23.8 Å². The van der Waals surface area contributed by atoms with E-state index in [1.165, 1.54) is 24.1 Å². The van der Waals surface area contributed by atoms with Gasteiger partial charge in [0.25, 0.3) is 0 Å². The third-order valence-corrected chi connectivity index (χ3v) is 4.29. The summed E-state index contributed by atoms with van der Waals surface area (Å²) in [6.45, 7) is 1.41. The van der Waals surface area contributed by atoms with Crippen LogP contribution in [0.3, 0.4) is 0 Å². The molecule has 86 valence electrons. The van der Waals surface area contributed by atoms with Crippen LogP contribution < -0.4 is 5.32 Å². The minimum atomic E-state index is 0.131. The summed E-state index contributed by atoms with van der Waals surface area (Å²) in [4.78, 5) is 15.0. The highest BCUT2D eigenvalue weighted by molar-refractivity contribution is 7.10. The molecule has 0 bridgehead atoms. The molecular weight excluding hydrogens is 220 g/mol. The predicted octanol–water partition coefficient (Wildman–Crippen LogP) is 1.98. The number of carbonyl (C=O) groups excluding carboxylic acids is 1. The molecule has 3 rings (SSSR count). The third-order valence-electron chi connectivity index (χ3n) is 3.37. The van der Waals surface area contributed by atoms with Crippen LogP contribution in [0.1, 0.15) is 30.3 Å². The Morgan fingerprint density at radius 2 is 2.38 bits per heavy atom. The number of thiophene rings is 1. The van der Waals surface area contributed by atoms with Gasteiger partial charge in [-0.1, -0.05) is 18.9 Å². The van der Waals surface area contributed by atoms with Crippen LogP contribution in [0.5, 0.6) is 0 Å². The van der Waals surface area contributed by atoms with Gasteiger partial charge in [0.15, 0.2) is 0 Å². The van der Waals surface area contributed by atoms with Crippen LogP contribution >= 0.6 is 11.3 Å². The van der Waals surface area contributed by atoms with Crippen molar-refractivity contribution < 1.29 is 4.79 Å². The maximum absolute atomic E-state index is 11.8. The van der Waals surface area contributed by atoms with Crippen molar-refractivity contribution in [2.75, 3.05) is 13.1 Å². The summed E-state index contributed by atoms with van der Waals surface area (Å²) in [6, 6.07) is 4.15. The molecule has 1 aliphatic heterocycles. The standard InChI is InChI=1S/C12H16N2OS/c15-11-8-13-12(10-2-1-7-16-10)14(11)6-5-9-3-4-9/h1-2,7,9,12-13H,3-6,8H2. The number of nitrogens with zero attached hydrogens (tertiary/aromatic N) is 1. The van der Waals surface area contributed by atoms with Crippen LogP contribution in [0.4, 0.5) is 0 Å². The smallest absolute Gasteiger partial charge is 0.238 e. The first-order valence-corrected chi connectivity index (χ1v) is 6.79. The number of amides is 1. The molecule has 16 heavy (non-hydrogen) atoms. The van der Waals surface area contributed by atoms with Crippen molar-refractivity contribution in [3.8, 4) is 0 Å². The molecule has 0 spiro atoms. The minimum Gasteiger partial charge on any atom is -0.321 e. The van der Waals surface area contributed by atoms with Crippen LogP contribution in [0.2, 0.25) is 0 Å². The number of carbonyl (C=O) groups is 1. The van der Waals surface area contributed by atoms with Gasteiger partial charge in [0.1, 0.15) is 6.17 Å². The average molecular weight is 236 g/mol. The van der Waals surface area contributed by atoms with Gasteiger partial charge in [-0.3, -0.25) is 10.1 Å². The molecule has 1 unspecified atom stereocenters. The van der Waals surface area contributed by atoms with E-state index in [0.29, 0.717) is 6.54 Å². The Morgan fingerprint density at radius 3 is 3.06 bits per heavy atom. The molecule has 1 aliphatic carbocycles. The second kappa shape index (κ2) is 4.18. The fraction of sp³-hybridized carbons (Fsp3) is 0.583. The van der Waals surface area contributed by atoms with Gasteiger partial charge in [-0.25, -0.2) is 0 Å². The van der Waals surface area contributed by atoms with E-state index in [1.807, 2.05) is 11.0 Å². The zero-order valence-electron chi connectivity index (χ0n) is 9.19. The lowest BCUT2D eigenvalue weighted by atomic mass is 10.2. The molecule has 1 saturated heterocycles. The Labute approximate surface area is 99.5 Å². The third kappa shape index (κ3) is 1.99. The summed E-state index contributed by atoms with van der Waals surface area (Å²) in [5.74, 6) is 1.14. The van der Waals surface area contributed by atoms with Crippen LogP contribution in [-0.2, 0) is 4.79 Å². The van der Waals surface area contributed by atoms with E-state index in [0.717, 1.165) is 12.5 Å². The maximum Gasteiger partial charge on any atom is 0.238 e. The van der Waals surface area contributed by atoms with Crippen LogP contribution in [0, 0.1) is 5.92 Å². The zero-order valence-corrected chi connectivity index (χ0v) is 10.0. The molecule has 1 aromatic rings. The lowest BCUT2D eigenvalue weighted by Crippen LogP contribution is -2.30. The summed E-state index contributed by atoms with van der Waals surface area (Å²) in [5, 5.41) is 5.36. The quantitative estimate of drug-likeness (QED) is 0.867. The molecule has 3 nitrogen and oxygen atoms in total. The van der Waals surface area contributed by atoms with Crippen molar-refractivity contribution in [1.82, 2.24) is 10.2 Å². The van der Waals surface area contributed by atoms with Gasteiger partial charge in [0.05, 0.1) is 6.54 Å². The number of hydrogen-bond acceptors (Lipinski definition) is 3. The van der Waals surface area contributed by atoms with Gasteiger partial charge in [-0.2, -0.15) is 0 Å². The Hall–Kier alpha value is -0.870. The maximum atomic E-state index is 11.8. The first-order valence-electron chi connectivity index (χ1n) is 5.91. The number of hydrogen-bond donors (Lipinski definition) is 1. The minimum absolute atomic E-state index is 0.131. The van der Waals surface area contributed by atoms with Gasteiger partial charge in [0.2, 0.25) is 5.91 Å². The first-order chi connectivity index (χ1) is 7.84. The molecule has 1 amide bonds. The molecule has 1 N–H and O–H groups in total. The topological polar surface area (TPSA) is 32.3 Å². The predicted molar refractivity (Wildman–Crippen MR) is 64.1 cm³/mol. The Bertz CT molecular complexity index is 372. The van der Waals surface area contributed by atoms with E-state index < -0.39 is 0 Å². The molecule has 2 aliphatic rings. The molecule has 1 atom stereocenters. The second-order valence-corrected chi connectivity index (χ2v) is 5.60. The summed E-state index contributed by atoms with van der Waals surface area (Å²) in [5.41, 5.74) is 0. The van der Waals surface area contributed by atoms with Crippen molar-refractivity contribution in [1.29, 1.82) is 0 Å². The van der Waals surface area contributed by atoms with E-state index in [-0.39, 0.29) is 12.1 Å². The average Bonchev–Trinajstić information content (AvgIpc) is 2.82. The van der Waals surface area contributed by atoms with Crippen LogP contribution in [-0.4, -0.2) is 23.9 Å². The molecule has 2 fully saturated rings. The normalized spacial score (nSPS) is 25.4. The Kier molecular flexibility index (Phi) is 2.69. The number of nitrogens with one attached hydrogen (secondary N) is 1. The van der Waals surface area contributed by atoms with E-state index in [2.05, 4.69) is 16.8 Å². The van der Waals surface area contributed by atoms with Crippen molar-refractivity contribution in [3.05, 3.63) is 22.4 Å². The molecule has 4 heteroatoms. The van der Waals surface area contributed by atoms with E-state index in [1.54, 1.807) is 11.3 Å². The Morgan fingerprint density at radius 1 is 1.50 bits per heavy atom. The summed E-state index contributed by atoms with van der Waals surface area (Å²) >= 11 is 1.72. The van der Waals surface area contributed by atoms with E-state index in [4.69, 9.17) is 0 Å². The molecule has 0 radical (unpaired) electrons. The summed E-state index contributed by atoms with van der Waals surface area (Å²) < 4.78 is 0. The van der Waals surface area contributed by atoms with Gasteiger partial charge < -0.3 is 4.90 Å². The van der Waals surface area contributed by atoms with Gasteiger partial charge in [0, 0.05) is 11.4 Å². The summed E-state index contributed by atoms with van der Waals surface area (Å²) in [7, 11) is 0. The fourth-order valence-corrected chi connectivity index (χ4v) is 3.03. The van der Waals surface area contributed by atoms with Crippen molar-refractivity contribution in [2.24, 2.45) is 5.92 Å². The summed E-state index contributed by atoms with van der Waals surface area (Å²) in [6.07, 6.45) is 4.03. The first kappa shape index (κ1) is 10.3. The van der Waals surface area contributed by atoms with Crippen molar-refractivity contribution >= 4 is 17.2 Å². The largest absolute Gasteiger partial charge is 0.321 e. The molecule has 2 heterocycles. The zero-order chi connectivity index (χ0) is 11.0. The highest BCUT2D eigenvalue weighted by Crippen LogP contribution is 2.34. The number of rotatable bonds is 4. The molecule has 1 saturated carbocycles. The molecule has 1 aromatic heterocycles. The highest BCUT2D eigenvalue weighted by Gasteiger charge is 2.33. The lowest BCUT2D eigenvalue weighted by Gasteiger charge is -2.23. The Balaban J connectivity index is 1.68. The van der Waals surface area contributed by atoms with E-state index in [9.17, 15) is 4.79 Å². The van der Waals surface area contributed by atoms with Crippen molar-refractivity contribution in [2.45, 2.75) is 25.4 Å². The van der Waals surface area contributed by atoms with Crippen molar-refractivity contribution in [3.63, 3.8) is 0 Å². The lowest BCUT2D eigenvalue weighted by molar-refractivity contribution is -0.128. The van der Waals surface area contributed by atoms with Crippen LogP contribution in [0.15, 0.2) is 17.5 Å². The van der Waals surface area contributed by atoms with Gasteiger partial charge >= 0.3 is 0 Å². The van der Waals surface area contributed by atoms with Crippen LogP contribution in [0.25, 0.3) is 0 Å². The molecule has 0 aromatic carbocycles. The molecular formula is C12H16N2OS. The van der Waals surface area contributed by atoms with Gasteiger partial charge in [-0.15, -0.1) is 11.3 Å². The van der Waals surface area contributed by atoms with E-state index >= 15 is 0 Å². The fourth-order valence-electron chi connectivity index (χ4n) is 2.22. The monoisotopic (exact) mass is 236 g/mol. The highest BCUT2D eigenvalue weighted by atomic mass is 32.1. The SMILES string of the molecule is O=C1CNC(c2cccs2)N1CCC1CC1. The second-order valence-electron chi connectivity index (χ2n) is 4.62.